The fourth-order valence-electron chi connectivity index (χ4n) is 3.59. The molecule has 1 saturated heterocycles. The van der Waals surface area contributed by atoms with Gasteiger partial charge in [0.2, 0.25) is 0 Å². The highest BCUT2D eigenvalue weighted by atomic mass is 15.1. The fraction of sp³-hybridized carbons (Fsp3) is 0.476. The molecule has 2 aliphatic rings. The lowest BCUT2D eigenvalue weighted by Crippen LogP contribution is -2.35. The predicted molar refractivity (Wildman–Crippen MR) is 107 cm³/mol. The van der Waals surface area contributed by atoms with Gasteiger partial charge in [0.1, 0.15) is 5.84 Å². The highest BCUT2D eigenvalue weighted by Crippen LogP contribution is 2.22. The Balaban J connectivity index is 1.39. The van der Waals surface area contributed by atoms with E-state index in [2.05, 4.69) is 28.1 Å². The van der Waals surface area contributed by atoms with Gasteiger partial charge < -0.3 is 11.5 Å². The van der Waals surface area contributed by atoms with Gasteiger partial charge in [-0.15, -0.1) is 0 Å². The van der Waals surface area contributed by atoms with Crippen LogP contribution < -0.4 is 11.5 Å². The fourth-order valence-corrected chi connectivity index (χ4v) is 3.59. The number of nitrogens with zero attached hydrogens (tertiary/aromatic N) is 2. The molecular formula is C21H30N4. The molecule has 1 aliphatic carbocycles. The first-order chi connectivity index (χ1) is 12.2. The summed E-state index contributed by atoms with van der Waals surface area (Å²) in [7, 11) is 0. The molecule has 0 amide bonds. The Morgan fingerprint density at radius 1 is 1.12 bits per heavy atom. The number of benzene rings is 1. The standard InChI is InChI=1S/C21H30N4/c22-20-8-6-19(7-9-20)21(23)24-13-10-17-11-14-25(15-12-17)16-18-4-2-1-3-5-18/h2,4-9,17H,1,3,10-16,22H2,(H2,23,24). The molecule has 1 heterocycles. The van der Waals surface area contributed by atoms with Gasteiger partial charge in [0.15, 0.2) is 0 Å². The van der Waals surface area contributed by atoms with E-state index in [1.54, 1.807) is 0 Å². The van der Waals surface area contributed by atoms with Gasteiger partial charge in [0.05, 0.1) is 0 Å². The van der Waals surface area contributed by atoms with Gasteiger partial charge in [-0.05, 0) is 81.0 Å². The summed E-state index contributed by atoms with van der Waals surface area (Å²) in [4.78, 5) is 7.14. The van der Waals surface area contributed by atoms with Crippen LogP contribution in [0.25, 0.3) is 0 Å². The van der Waals surface area contributed by atoms with E-state index in [1.807, 2.05) is 24.3 Å². The largest absolute Gasteiger partial charge is 0.399 e. The van der Waals surface area contributed by atoms with Gasteiger partial charge in [0, 0.05) is 24.3 Å². The second-order valence-corrected chi connectivity index (χ2v) is 7.16. The van der Waals surface area contributed by atoms with Crippen LogP contribution in [0.1, 0.15) is 37.7 Å². The van der Waals surface area contributed by atoms with Crippen molar-refractivity contribution in [2.24, 2.45) is 16.6 Å². The lowest BCUT2D eigenvalue weighted by molar-refractivity contribution is 0.193. The second-order valence-electron chi connectivity index (χ2n) is 7.16. The third-order valence-electron chi connectivity index (χ3n) is 5.21. The molecule has 134 valence electrons. The zero-order valence-electron chi connectivity index (χ0n) is 15.0. The Kier molecular flexibility index (Phi) is 6.29. The second kappa shape index (κ2) is 8.86. The molecule has 0 atom stereocenters. The third-order valence-corrected chi connectivity index (χ3v) is 5.21. The van der Waals surface area contributed by atoms with Crippen molar-refractivity contribution in [3.8, 4) is 0 Å². The number of hydrogen-bond donors (Lipinski definition) is 2. The molecule has 1 aromatic carbocycles. The van der Waals surface area contributed by atoms with Gasteiger partial charge >= 0.3 is 0 Å². The summed E-state index contributed by atoms with van der Waals surface area (Å²) in [6.45, 7) is 4.33. The molecule has 25 heavy (non-hydrogen) atoms. The molecule has 0 spiro atoms. The number of likely N-dealkylation sites (tertiary alicyclic amines) is 1. The average Bonchev–Trinajstić information content (AvgIpc) is 2.64. The van der Waals surface area contributed by atoms with Gasteiger partial charge in [0.25, 0.3) is 0 Å². The number of rotatable bonds is 6. The van der Waals surface area contributed by atoms with Gasteiger partial charge in [-0.1, -0.05) is 18.2 Å². The number of aliphatic imine (C=N–C) groups is 1. The van der Waals surface area contributed by atoms with E-state index in [0.717, 1.165) is 36.7 Å². The minimum absolute atomic E-state index is 0.619. The Bertz CT molecular complexity index is 634. The Hall–Kier alpha value is -2.07. The molecule has 0 aromatic heterocycles. The zero-order chi connectivity index (χ0) is 17.5. The summed E-state index contributed by atoms with van der Waals surface area (Å²) in [6.07, 6.45) is 13.1. The molecule has 0 saturated carbocycles. The Morgan fingerprint density at radius 3 is 2.56 bits per heavy atom. The maximum Gasteiger partial charge on any atom is 0.125 e. The first-order valence-electron chi connectivity index (χ1n) is 9.44. The van der Waals surface area contributed by atoms with E-state index < -0.39 is 0 Å². The molecule has 1 aliphatic heterocycles. The number of hydrogen-bond acceptors (Lipinski definition) is 3. The van der Waals surface area contributed by atoms with Crippen molar-refractivity contribution in [1.29, 1.82) is 0 Å². The molecule has 4 heteroatoms. The van der Waals surface area contributed by atoms with Crippen molar-refractivity contribution < 1.29 is 0 Å². The van der Waals surface area contributed by atoms with Crippen molar-refractivity contribution in [2.75, 3.05) is 31.9 Å². The topological polar surface area (TPSA) is 67.6 Å². The quantitative estimate of drug-likeness (QED) is 0.475. The van der Waals surface area contributed by atoms with Gasteiger partial charge in [-0.25, -0.2) is 0 Å². The van der Waals surface area contributed by atoms with E-state index in [0.29, 0.717) is 5.84 Å². The molecule has 0 unspecified atom stereocenters. The zero-order valence-corrected chi connectivity index (χ0v) is 15.0. The summed E-state index contributed by atoms with van der Waals surface area (Å²) >= 11 is 0. The summed E-state index contributed by atoms with van der Waals surface area (Å²) in [6, 6.07) is 7.59. The van der Waals surface area contributed by atoms with Crippen molar-refractivity contribution in [1.82, 2.24) is 4.90 Å². The smallest absolute Gasteiger partial charge is 0.125 e. The van der Waals surface area contributed by atoms with Crippen LogP contribution in [0.4, 0.5) is 5.69 Å². The van der Waals surface area contributed by atoms with Gasteiger partial charge in [-0.3, -0.25) is 9.89 Å². The maximum atomic E-state index is 6.08. The number of piperidine rings is 1. The van der Waals surface area contributed by atoms with E-state index in [4.69, 9.17) is 11.5 Å². The summed E-state index contributed by atoms with van der Waals surface area (Å²) < 4.78 is 0. The molecule has 3 rings (SSSR count). The molecule has 1 aromatic rings. The van der Waals surface area contributed by atoms with Crippen LogP contribution in [0.15, 0.2) is 53.1 Å². The first-order valence-corrected chi connectivity index (χ1v) is 9.44. The summed E-state index contributed by atoms with van der Waals surface area (Å²) in [5.41, 5.74) is 15.0. The maximum absolute atomic E-state index is 6.08. The van der Waals surface area contributed by atoms with Crippen LogP contribution in [0, 0.1) is 5.92 Å². The molecule has 4 nitrogen and oxygen atoms in total. The van der Waals surface area contributed by atoms with E-state index in [1.165, 1.54) is 44.3 Å². The van der Waals surface area contributed by atoms with Crippen LogP contribution in [0.2, 0.25) is 0 Å². The normalized spacial score (nSPS) is 19.8. The minimum Gasteiger partial charge on any atom is -0.399 e. The van der Waals surface area contributed by atoms with Crippen LogP contribution in [0.5, 0.6) is 0 Å². The number of amidine groups is 1. The predicted octanol–water partition coefficient (Wildman–Crippen LogP) is 3.35. The van der Waals surface area contributed by atoms with Crippen molar-refractivity contribution in [3.63, 3.8) is 0 Å². The number of nitrogens with two attached hydrogens (primary N) is 2. The lowest BCUT2D eigenvalue weighted by atomic mass is 9.93. The minimum atomic E-state index is 0.619. The number of anilines is 1. The van der Waals surface area contributed by atoms with E-state index in [9.17, 15) is 0 Å². The summed E-state index contributed by atoms with van der Waals surface area (Å²) in [5.74, 6) is 1.39. The Morgan fingerprint density at radius 2 is 1.88 bits per heavy atom. The number of allylic oxidation sites excluding steroid dienone is 2. The molecular weight excluding hydrogens is 308 g/mol. The number of nitrogen functional groups attached to an aromatic ring is 1. The molecule has 1 fully saturated rings. The third kappa shape index (κ3) is 5.46. The highest BCUT2D eigenvalue weighted by Gasteiger charge is 2.19. The summed E-state index contributed by atoms with van der Waals surface area (Å²) in [5, 5.41) is 0. The van der Waals surface area contributed by atoms with E-state index in [-0.39, 0.29) is 0 Å². The Labute approximate surface area is 151 Å². The van der Waals surface area contributed by atoms with Gasteiger partial charge in [-0.2, -0.15) is 0 Å². The van der Waals surface area contributed by atoms with E-state index >= 15 is 0 Å². The average molecular weight is 338 g/mol. The SMILES string of the molecule is NC(=NCCC1CCN(CC2=CCCC=C2)CC1)c1ccc(N)cc1. The van der Waals surface area contributed by atoms with Crippen molar-refractivity contribution in [3.05, 3.63) is 53.6 Å². The monoisotopic (exact) mass is 338 g/mol. The van der Waals surface area contributed by atoms with Crippen LogP contribution in [-0.2, 0) is 0 Å². The van der Waals surface area contributed by atoms with Crippen molar-refractivity contribution in [2.45, 2.75) is 32.1 Å². The van der Waals surface area contributed by atoms with Crippen LogP contribution >= 0.6 is 0 Å². The van der Waals surface area contributed by atoms with Crippen LogP contribution in [0.3, 0.4) is 0 Å². The molecule has 0 radical (unpaired) electrons. The first kappa shape index (κ1) is 17.7. The molecule has 0 bridgehead atoms. The van der Waals surface area contributed by atoms with Crippen molar-refractivity contribution >= 4 is 11.5 Å². The van der Waals surface area contributed by atoms with Crippen LogP contribution in [-0.4, -0.2) is 36.9 Å². The molecule has 4 N–H and O–H groups in total. The highest BCUT2D eigenvalue weighted by molar-refractivity contribution is 5.97. The lowest BCUT2D eigenvalue weighted by Gasteiger charge is -2.32.